The first-order valence-electron chi connectivity index (χ1n) is 15.1. The van der Waals surface area contributed by atoms with E-state index in [1.54, 1.807) is 33.0 Å². The van der Waals surface area contributed by atoms with Gasteiger partial charge in [0.15, 0.2) is 0 Å². The summed E-state index contributed by atoms with van der Waals surface area (Å²) < 4.78 is 5.66. The van der Waals surface area contributed by atoms with Gasteiger partial charge in [-0.25, -0.2) is 4.79 Å². The van der Waals surface area contributed by atoms with Crippen LogP contribution in [0, 0.1) is 0 Å². The second-order valence-corrected chi connectivity index (χ2v) is 14.0. The molecule has 2 heterocycles. The molecule has 1 aromatic carbocycles. The maximum Gasteiger partial charge on any atom is 0.410 e. The molecule has 1 saturated heterocycles. The molecule has 2 aliphatic rings. The number of aromatic nitrogens is 1. The molecule has 0 radical (unpaired) electrons. The molecule has 1 aromatic heterocycles. The zero-order chi connectivity index (χ0) is 30.7. The normalized spacial score (nSPS) is 18.8. The minimum absolute atomic E-state index is 0.0332. The monoisotopic (exact) mass is 596 g/mol. The van der Waals surface area contributed by atoms with Crippen molar-refractivity contribution in [3.8, 4) is 0 Å². The highest BCUT2D eigenvalue weighted by Crippen LogP contribution is 2.35. The number of anilines is 1. The predicted molar refractivity (Wildman–Crippen MR) is 166 cm³/mol. The summed E-state index contributed by atoms with van der Waals surface area (Å²) in [5.74, 6) is -0.633. The van der Waals surface area contributed by atoms with E-state index < -0.39 is 23.8 Å². The molecule has 1 N–H and O–H groups in total. The van der Waals surface area contributed by atoms with Gasteiger partial charge in [-0.3, -0.25) is 24.4 Å². The number of pyridine rings is 1. The average molecular weight is 597 g/mol. The number of nitrogens with zero attached hydrogens (tertiary/aromatic N) is 3. The van der Waals surface area contributed by atoms with E-state index in [0.29, 0.717) is 35.7 Å². The standard InChI is InChI=1S/C33H45ClN4O4/c1-32(2,3)23-14-16-26(17-15-23)38(30(40)27-13-10-18-37(27)31(41)42-33(4,5)6)28(22-19-24(34)21-35-20-22)29(39)36-25-11-8-7-9-12-25/h14-17,19-21,25,27-28H,7-13,18H2,1-6H3,(H,36,39)/t27-,28?/m1/s1. The maximum atomic E-state index is 14.6. The first-order chi connectivity index (χ1) is 19.7. The number of hydrogen-bond acceptors (Lipinski definition) is 5. The molecule has 0 bridgehead atoms. The highest BCUT2D eigenvalue weighted by molar-refractivity contribution is 6.30. The Kier molecular flexibility index (Phi) is 9.86. The summed E-state index contributed by atoms with van der Waals surface area (Å²) in [5.41, 5.74) is 1.37. The largest absolute Gasteiger partial charge is 0.444 e. The predicted octanol–water partition coefficient (Wildman–Crippen LogP) is 6.96. The van der Waals surface area contributed by atoms with Crippen molar-refractivity contribution in [2.24, 2.45) is 0 Å². The summed E-state index contributed by atoms with van der Waals surface area (Å²) in [6, 6.07) is 7.64. The van der Waals surface area contributed by atoms with Crippen LogP contribution >= 0.6 is 11.6 Å². The van der Waals surface area contributed by atoms with Crippen molar-refractivity contribution in [2.45, 2.75) is 116 Å². The molecule has 8 nitrogen and oxygen atoms in total. The molecule has 1 aliphatic carbocycles. The van der Waals surface area contributed by atoms with Crippen LogP contribution in [0.15, 0.2) is 42.7 Å². The second kappa shape index (κ2) is 13.0. The molecule has 228 valence electrons. The van der Waals surface area contributed by atoms with Gasteiger partial charge in [-0.1, -0.05) is 63.8 Å². The number of benzene rings is 1. The van der Waals surface area contributed by atoms with Crippen LogP contribution in [0.25, 0.3) is 0 Å². The minimum atomic E-state index is -1.04. The number of carbonyl (C=O) groups is 3. The Bertz CT molecular complexity index is 1260. The van der Waals surface area contributed by atoms with Gasteiger partial charge in [-0.05, 0) is 75.6 Å². The van der Waals surface area contributed by atoms with E-state index in [-0.39, 0.29) is 23.3 Å². The number of ether oxygens (including phenoxy) is 1. The summed E-state index contributed by atoms with van der Waals surface area (Å²) in [5, 5.41) is 3.59. The molecule has 2 aromatic rings. The lowest BCUT2D eigenvalue weighted by Gasteiger charge is -2.37. The van der Waals surface area contributed by atoms with Crippen LogP contribution in [-0.4, -0.2) is 52.0 Å². The fourth-order valence-corrected chi connectivity index (χ4v) is 5.95. The van der Waals surface area contributed by atoms with E-state index >= 15 is 0 Å². The summed E-state index contributed by atoms with van der Waals surface area (Å²) in [6.07, 6.45) is 8.74. The molecular formula is C33H45ClN4O4. The minimum Gasteiger partial charge on any atom is -0.444 e. The second-order valence-electron chi connectivity index (χ2n) is 13.5. The Morgan fingerprint density at radius 2 is 1.64 bits per heavy atom. The quantitative estimate of drug-likeness (QED) is 0.389. The Morgan fingerprint density at radius 1 is 0.976 bits per heavy atom. The van der Waals surface area contributed by atoms with E-state index in [9.17, 15) is 14.4 Å². The van der Waals surface area contributed by atoms with Gasteiger partial charge in [0.1, 0.15) is 17.7 Å². The van der Waals surface area contributed by atoms with Crippen molar-refractivity contribution in [2.75, 3.05) is 11.4 Å². The topological polar surface area (TPSA) is 91.8 Å². The van der Waals surface area contributed by atoms with Gasteiger partial charge in [-0.2, -0.15) is 0 Å². The third kappa shape index (κ3) is 7.82. The summed E-state index contributed by atoms with van der Waals surface area (Å²) in [4.78, 5) is 49.3. The summed E-state index contributed by atoms with van der Waals surface area (Å²) in [6.45, 7) is 12.2. The van der Waals surface area contributed by atoms with Crippen molar-refractivity contribution in [1.82, 2.24) is 15.2 Å². The van der Waals surface area contributed by atoms with E-state index in [0.717, 1.165) is 37.7 Å². The van der Waals surface area contributed by atoms with Gasteiger partial charge < -0.3 is 10.1 Å². The SMILES string of the molecule is CC(C)(C)OC(=O)N1CCC[C@@H]1C(=O)N(c1ccc(C(C)(C)C)cc1)C(C(=O)NC1CCCCC1)c1cncc(Cl)c1. The van der Waals surface area contributed by atoms with Crippen LogP contribution in [-0.2, 0) is 19.7 Å². The number of halogens is 1. The number of amides is 3. The first-order valence-corrected chi connectivity index (χ1v) is 15.5. The highest BCUT2D eigenvalue weighted by Gasteiger charge is 2.43. The fourth-order valence-electron chi connectivity index (χ4n) is 5.77. The van der Waals surface area contributed by atoms with Crippen LogP contribution in [0.4, 0.5) is 10.5 Å². The lowest BCUT2D eigenvalue weighted by Crippen LogP contribution is -2.53. The van der Waals surface area contributed by atoms with E-state index in [1.807, 2.05) is 24.3 Å². The van der Waals surface area contributed by atoms with E-state index in [4.69, 9.17) is 16.3 Å². The third-order valence-corrected chi connectivity index (χ3v) is 8.12. The Balaban J connectivity index is 1.79. The summed E-state index contributed by atoms with van der Waals surface area (Å²) in [7, 11) is 0. The van der Waals surface area contributed by atoms with Crippen LogP contribution in [0.5, 0.6) is 0 Å². The molecule has 1 saturated carbocycles. The molecule has 2 atom stereocenters. The molecular weight excluding hydrogens is 552 g/mol. The zero-order valence-electron chi connectivity index (χ0n) is 25.8. The van der Waals surface area contributed by atoms with Gasteiger partial charge in [-0.15, -0.1) is 0 Å². The van der Waals surface area contributed by atoms with E-state index in [1.165, 1.54) is 16.0 Å². The molecule has 42 heavy (non-hydrogen) atoms. The third-order valence-electron chi connectivity index (χ3n) is 7.91. The molecule has 0 spiro atoms. The van der Waals surface area contributed by atoms with Gasteiger partial charge in [0, 0.05) is 36.2 Å². The number of rotatable bonds is 6. The smallest absolute Gasteiger partial charge is 0.410 e. The van der Waals surface area contributed by atoms with Gasteiger partial charge in [0.05, 0.1) is 5.02 Å². The lowest BCUT2D eigenvalue weighted by atomic mass is 9.87. The van der Waals surface area contributed by atoms with Crippen molar-refractivity contribution in [3.63, 3.8) is 0 Å². The van der Waals surface area contributed by atoms with Gasteiger partial charge in [0.25, 0.3) is 5.91 Å². The Labute approximate surface area is 255 Å². The Hall–Kier alpha value is -3.13. The van der Waals surface area contributed by atoms with E-state index in [2.05, 4.69) is 31.1 Å². The van der Waals surface area contributed by atoms with Gasteiger partial charge in [0.2, 0.25) is 5.91 Å². The van der Waals surface area contributed by atoms with Gasteiger partial charge >= 0.3 is 6.09 Å². The number of likely N-dealkylation sites (tertiary alicyclic amines) is 1. The fraction of sp³-hybridized carbons (Fsp3) is 0.576. The molecule has 1 unspecified atom stereocenters. The molecule has 2 fully saturated rings. The highest BCUT2D eigenvalue weighted by atomic mass is 35.5. The van der Waals surface area contributed by atoms with Crippen LogP contribution in [0.3, 0.4) is 0 Å². The van der Waals surface area contributed by atoms with Crippen LogP contribution in [0.1, 0.15) is 104 Å². The lowest BCUT2D eigenvalue weighted by molar-refractivity contribution is -0.129. The van der Waals surface area contributed by atoms with Crippen molar-refractivity contribution in [3.05, 3.63) is 58.9 Å². The van der Waals surface area contributed by atoms with Crippen LogP contribution in [0.2, 0.25) is 5.02 Å². The molecule has 3 amide bonds. The molecule has 4 rings (SSSR count). The number of carbonyl (C=O) groups excluding carboxylic acids is 3. The zero-order valence-corrected chi connectivity index (χ0v) is 26.5. The van der Waals surface area contributed by atoms with Crippen molar-refractivity contribution >= 4 is 35.2 Å². The summed E-state index contributed by atoms with van der Waals surface area (Å²) >= 11 is 6.37. The van der Waals surface area contributed by atoms with Crippen molar-refractivity contribution < 1.29 is 19.1 Å². The molecule has 1 aliphatic heterocycles. The average Bonchev–Trinajstić information content (AvgIpc) is 3.41. The van der Waals surface area contributed by atoms with Crippen molar-refractivity contribution in [1.29, 1.82) is 0 Å². The Morgan fingerprint density at radius 3 is 2.24 bits per heavy atom. The maximum absolute atomic E-state index is 14.6. The number of hydrogen-bond donors (Lipinski definition) is 1. The molecule has 9 heteroatoms. The number of nitrogens with one attached hydrogen (secondary N) is 1. The first kappa shape index (κ1) is 31.8. The van der Waals surface area contributed by atoms with Crippen LogP contribution < -0.4 is 10.2 Å².